The first-order valence-electron chi connectivity index (χ1n) is 5.19. The number of carbonyl (C=O) groups excluding carboxylic acids is 1. The van der Waals surface area contributed by atoms with Crippen LogP contribution in [0.1, 0.15) is 5.69 Å². The van der Waals surface area contributed by atoms with Gasteiger partial charge in [-0.25, -0.2) is 4.98 Å². The van der Waals surface area contributed by atoms with Gasteiger partial charge in [0.2, 0.25) is 5.91 Å². The van der Waals surface area contributed by atoms with Gasteiger partial charge in [-0.1, -0.05) is 11.6 Å². The summed E-state index contributed by atoms with van der Waals surface area (Å²) in [6.45, 7) is 0. The van der Waals surface area contributed by atoms with E-state index >= 15 is 0 Å². The van der Waals surface area contributed by atoms with E-state index in [2.05, 4.69) is 10.3 Å². The number of nitrogens with one attached hydrogen (secondary N) is 1. The molecule has 0 unspecified atom stereocenters. The minimum absolute atomic E-state index is 0.123. The molecule has 0 fully saturated rings. The van der Waals surface area contributed by atoms with Gasteiger partial charge in [-0.15, -0.1) is 11.3 Å². The molecule has 1 N–H and O–H groups in total. The number of aromatic nitrogens is 1. The number of carbonyl (C=O) groups is 1. The maximum Gasteiger partial charge on any atom is 0.230 e. The summed E-state index contributed by atoms with van der Waals surface area (Å²) in [5.74, 6) is 0.455. The zero-order valence-electron chi connectivity index (χ0n) is 9.64. The molecule has 0 saturated heterocycles. The van der Waals surface area contributed by atoms with Crippen molar-refractivity contribution in [3.63, 3.8) is 0 Å². The Morgan fingerprint density at radius 2 is 2.39 bits per heavy atom. The molecule has 0 aliphatic carbocycles. The Balaban J connectivity index is 2.01. The van der Waals surface area contributed by atoms with Crippen LogP contribution < -0.4 is 10.1 Å². The van der Waals surface area contributed by atoms with E-state index in [4.69, 9.17) is 16.3 Å². The predicted molar refractivity (Wildman–Crippen MR) is 72.5 cm³/mol. The van der Waals surface area contributed by atoms with Crippen LogP contribution in [-0.2, 0) is 11.2 Å². The first-order chi connectivity index (χ1) is 8.69. The van der Waals surface area contributed by atoms with Crippen molar-refractivity contribution in [2.75, 3.05) is 12.4 Å². The van der Waals surface area contributed by atoms with Crippen LogP contribution >= 0.6 is 22.9 Å². The summed E-state index contributed by atoms with van der Waals surface area (Å²) in [5.41, 5.74) is 3.10. The van der Waals surface area contributed by atoms with Gasteiger partial charge in [0.1, 0.15) is 5.75 Å². The predicted octanol–water partition coefficient (Wildman–Crippen LogP) is 2.99. The number of nitrogens with zero attached hydrogens (tertiary/aromatic N) is 1. The van der Waals surface area contributed by atoms with Crippen LogP contribution in [0.15, 0.2) is 29.1 Å². The van der Waals surface area contributed by atoms with Crippen LogP contribution in [0.25, 0.3) is 0 Å². The van der Waals surface area contributed by atoms with Crippen molar-refractivity contribution in [3.05, 3.63) is 39.8 Å². The van der Waals surface area contributed by atoms with Crippen molar-refractivity contribution in [1.82, 2.24) is 4.98 Å². The Morgan fingerprint density at radius 1 is 1.56 bits per heavy atom. The highest BCUT2D eigenvalue weighted by molar-refractivity contribution is 7.07. The molecule has 1 aromatic carbocycles. The number of halogens is 1. The molecular formula is C12H11ClN2O2S. The fourth-order valence-electron chi connectivity index (χ4n) is 1.44. The lowest BCUT2D eigenvalue weighted by Gasteiger charge is -2.07. The van der Waals surface area contributed by atoms with Crippen LogP contribution in [0, 0.1) is 0 Å². The summed E-state index contributed by atoms with van der Waals surface area (Å²) in [6, 6.07) is 5.10. The van der Waals surface area contributed by atoms with Crippen LogP contribution in [-0.4, -0.2) is 18.0 Å². The largest absolute Gasteiger partial charge is 0.495 e. The minimum Gasteiger partial charge on any atom is -0.495 e. The minimum atomic E-state index is -0.123. The van der Waals surface area contributed by atoms with Gasteiger partial charge in [-0.05, 0) is 18.2 Å². The summed E-state index contributed by atoms with van der Waals surface area (Å²) in [6.07, 6.45) is 0.257. The summed E-state index contributed by atoms with van der Waals surface area (Å²) in [5, 5.41) is 5.07. The van der Waals surface area contributed by atoms with Crippen LogP contribution in [0.4, 0.5) is 5.69 Å². The molecule has 2 rings (SSSR count). The van der Waals surface area contributed by atoms with Crippen LogP contribution in [0.2, 0.25) is 5.02 Å². The smallest absolute Gasteiger partial charge is 0.230 e. The third kappa shape index (κ3) is 3.21. The highest BCUT2D eigenvalue weighted by atomic mass is 35.5. The Hall–Kier alpha value is -1.59. The molecule has 0 radical (unpaired) electrons. The zero-order chi connectivity index (χ0) is 13.0. The van der Waals surface area contributed by atoms with Gasteiger partial charge in [0, 0.05) is 11.1 Å². The Bertz CT molecular complexity index is 543. The van der Waals surface area contributed by atoms with Crippen molar-refractivity contribution in [1.29, 1.82) is 0 Å². The molecule has 4 nitrogen and oxygen atoms in total. The topological polar surface area (TPSA) is 51.2 Å². The van der Waals surface area contributed by atoms with Gasteiger partial charge in [0.05, 0.1) is 29.8 Å². The van der Waals surface area contributed by atoms with Gasteiger partial charge in [-0.3, -0.25) is 4.79 Å². The van der Waals surface area contributed by atoms with Crippen molar-refractivity contribution in [2.24, 2.45) is 0 Å². The van der Waals surface area contributed by atoms with Crippen molar-refractivity contribution in [2.45, 2.75) is 6.42 Å². The van der Waals surface area contributed by atoms with Crippen LogP contribution in [0.5, 0.6) is 5.75 Å². The maximum atomic E-state index is 11.7. The standard InChI is InChI=1S/C12H11ClN2O2S/c1-17-11-3-2-8(4-10(11)13)15-12(16)5-9-6-18-7-14-9/h2-4,6-7H,5H2,1H3,(H,15,16). The number of hydrogen-bond donors (Lipinski definition) is 1. The average Bonchev–Trinajstić information content (AvgIpc) is 2.82. The molecule has 0 saturated carbocycles. The lowest BCUT2D eigenvalue weighted by Crippen LogP contribution is -2.14. The lowest BCUT2D eigenvalue weighted by molar-refractivity contribution is -0.115. The highest BCUT2D eigenvalue weighted by Gasteiger charge is 2.07. The number of ether oxygens (including phenoxy) is 1. The van der Waals surface area contributed by atoms with Gasteiger partial charge in [-0.2, -0.15) is 0 Å². The zero-order valence-corrected chi connectivity index (χ0v) is 11.2. The molecule has 0 bridgehead atoms. The number of amides is 1. The quantitative estimate of drug-likeness (QED) is 0.938. The number of hydrogen-bond acceptors (Lipinski definition) is 4. The molecular weight excluding hydrogens is 272 g/mol. The van der Waals surface area contributed by atoms with Crippen LogP contribution in [0.3, 0.4) is 0 Å². The molecule has 1 heterocycles. The first-order valence-corrected chi connectivity index (χ1v) is 6.51. The van der Waals surface area contributed by atoms with E-state index in [9.17, 15) is 4.79 Å². The molecule has 0 aliphatic heterocycles. The van der Waals surface area contributed by atoms with E-state index in [1.54, 1.807) is 30.8 Å². The Morgan fingerprint density at radius 3 is 3.00 bits per heavy atom. The maximum absolute atomic E-state index is 11.7. The molecule has 1 aromatic heterocycles. The SMILES string of the molecule is COc1ccc(NC(=O)Cc2cscn2)cc1Cl. The molecule has 6 heteroatoms. The molecule has 2 aromatic rings. The van der Waals surface area contributed by atoms with Gasteiger partial charge in [0.15, 0.2) is 0 Å². The number of rotatable bonds is 4. The fraction of sp³-hybridized carbons (Fsp3) is 0.167. The Kier molecular flexibility index (Phi) is 4.17. The molecule has 18 heavy (non-hydrogen) atoms. The van der Waals surface area contributed by atoms with Gasteiger partial charge in [0.25, 0.3) is 0 Å². The Labute approximate surface area is 114 Å². The highest BCUT2D eigenvalue weighted by Crippen LogP contribution is 2.27. The number of benzene rings is 1. The van der Waals surface area contributed by atoms with Gasteiger partial charge >= 0.3 is 0 Å². The normalized spacial score (nSPS) is 10.1. The number of thiazole rings is 1. The molecule has 1 amide bonds. The molecule has 0 aliphatic rings. The van der Waals surface area contributed by atoms with Crippen molar-refractivity contribution < 1.29 is 9.53 Å². The molecule has 94 valence electrons. The summed E-state index contributed by atoms with van der Waals surface area (Å²) in [7, 11) is 1.54. The number of anilines is 1. The van der Waals surface area contributed by atoms with E-state index in [1.807, 2.05) is 5.38 Å². The van der Waals surface area contributed by atoms with Crippen molar-refractivity contribution >= 4 is 34.5 Å². The number of methoxy groups -OCH3 is 1. The van der Waals surface area contributed by atoms with E-state index < -0.39 is 0 Å². The second-order valence-corrected chi connectivity index (χ2v) is 4.68. The van der Waals surface area contributed by atoms with E-state index in [0.717, 1.165) is 5.69 Å². The first kappa shape index (κ1) is 12.9. The summed E-state index contributed by atoms with van der Waals surface area (Å²) < 4.78 is 5.04. The van der Waals surface area contributed by atoms with Crippen molar-refractivity contribution in [3.8, 4) is 5.75 Å². The second kappa shape index (κ2) is 5.84. The van der Waals surface area contributed by atoms with E-state index in [-0.39, 0.29) is 12.3 Å². The lowest BCUT2D eigenvalue weighted by atomic mass is 10.2. The van der Waals surface area contributed by atoms with E-state index in [1.165, 1.54) is 11.3 Å². The molecule has 0 spiro atoms. The third-order valence-corrected chi connectivity index (χ3v) is 3.19. The summed E-state index contributed by atoms with van der Waals surface area (Å²) in [4.78, 5) is 15.8. The summed E-state index contributed by atoms with van der Waals surface area (Å²) >= 11 is 7.44. The third-order valence-electron chi connectivity index (χ3n) is 2.26. The fourth-order valence-corrected chi connectivity index (χ4v) is 2.25. The average molecular weight is 283 g/mol. The van der Waals surface area contributed by atoms with Gasteiger partial charge < -0.3 is 10.1 Å². The van der Waals surface area contributed by atoms with E-state index in [0.29, 0.717) is 16.5 Å². The molecule has 0 atom stereocenters. The second-order valence-electron chi connectivity index (χ2n) is 3.55. The monoisotopic (exact) mass is 282 g/mol.